The zero-order chi connectivity index (χ0) is 7.40. The average Bonchev–Trinajstić information content (AvgIpc) is 1.88. The first-order valence-corrected chi connectivity index (χ1v) is 3.03. The minimum atomic E-state index is 0.863. The molecule has 2 nitrogen and oxygen atoms in total. The summed E-state index contributed by atoms with van der Waals surface area (Å²) in [5.74, 6) is 0. The van der Waals surface area contributed by atoms with E-state index >= 15 is 0 Å². The maximum atomic E-state index is 8.06. The molecule has 0 fully saturated rings. The lowest BCUT2D eigenvalue weighted by Crippen LogP contribution is -2.15. The van der Waals surface area contributed by atoms with Crippen molar-refractivity contribution in [3.8, 4) is 0 Å². The van der Waals surface area contributed by atoms with Gasteiger partial charge in [0.05, 0.1) is 0 Å². The van der Waals surface area contributed by atoms with E-state index in [4.69, 9.17) is 5.26 Å². The smallest absolute Gasteiger partial charge is 0.307 e. The second kappa shape index (κ2) is 3.39. The molecule has 0 saturated heterocycles. The van der Waals surface area contributed by atoms with Crippen LogP contribution in [0.5, 0.6) is 0 Å². The minimum absolute atomic E-state index is 0.863. The van der Waals surface area contributed by atoms with Crippen molar-refractivity contribution in [1.82, 2.24) is 0 Å². The minimum Gasteiger partial charge on any atom is -0.307 e. The van der Waals surface area contributed by atoms with Crippen LogP contribution in [0, 0.1) is 6.92 Å². The molecule has 10 heavy (non-hydrogen) atoms. The van der Waals surface area contributed by atoms with E-state index in [1.807, 2.05) is 31.2 Å². The predicted octanol–water partition coefficient (Wildman–Crippen LogP) is 0.729. The summed E-state index contributed by atoms with van der Waals surface area (Å²) in [6, 6.07) is 7.65. The van der Waals surface area contributed by atoms with E-state index in [0.717, 1.165) is 11.0 Å². The number of hydrogen-bond donors (Lipinski definition) is 1. The van der Waals surface area contributed by atoms with Gasteiger partial charge in [0.2, 0.25) is 0 Å². The van der Waals surface area contributed by atoms with E-state index in [9.17, 15) is 0 Å². The van der Waals surface area contributed by atoms with Crippen molar-refractivity contribution in [3.05, 3.63) is 29.8 Å². The summed E-state index contributed by atoms with van der Waals surface area (Å²) < 4.78 is 0. The molecule has 0 saturated carbocycles. The second-order valence-corrected chi connectivity index (χ2v) is 2.14. The highest BCUT2D eigenvalue weighted by atomic mass is 17.1. The van der Waals surface area contributed by atoms with Crippen LogP contribution in [0.3, 0.4) is 0 Å². The third kappa shape index (κ3) is 1.86. The summed E-state index contributed by atoms with van der Waals surface area (Å²) >= 11 is 0. The van der Waals surface area contributed by atoms with Crippen molar-refractivity contribution < 1.29 is 10.1 Å². The van der Waals surface area contributed by atoms with E-state index in [2.05, 4.69) is 4.81 Å². The van der Waals surface area contributed by atoms with Crippen molar-refractivity contribution in [2.24, 2.45) is 0 Å². The van der Waals surface area contributed by atoms with Crippen molar-refractivity contribution in [2.45, 2.75) is 6.92 Å². The van der Waals surface area contributed by atoms with Crippen LogP contribution in [0.1, 0.15) is 5.56 Å². The van der Waals surface area contributed by atoms with Crippen LogP contribution in [-0.2, 0) is 4.81 Å². The van der Waals surface area contributed by atoms with Crippen LogP contribution in [0.25, 0.3) is 0 Å². The predicted molar refractivity (Wildman–Crippen MR) is 40.3 cm³/mol. The lowest BCUT2D eigenvalue weighted by atomic mass is 9.88. The second-order valence-electron chi connectivity index (χ2n) is 2.14. The quantitative estimate of drug-likeness (QED) is 0.368. The van der Waals surface area contributed by atoms with E-state index < -0.39 is 0 Å². The molecule has 0 aliphatic carbocycles. The van der Waals surface area contributed by atoms with Crippen LogP contribution < -0.4 is 5.46 Å². The van der Waals surface area contributed by atoms with Crippen LogP contribution in [-0.4, -0.2) is 12.7 Å². The Kier molecular flexibility index (Phi) is 2.48. The van der Waals surface area contributed by atoms with Gasteiger partial charge in [0.1, 0.15) is 0 Å². The molecule has 0 atom stereocenters. The van der Waals surface area contributed by atoms with Gasteiger partial charge in [0.25, 0.3) is 0 Å². The van der Waals surface area contributed by atoms with E-state index in [1.165, 1.54) is 7.48 Å². The summed E-state index contributed by atoms with van der Waals surface area (Å²) in [6.07, 6.45) is 0. The molecule has 3 heteroatoms. The lowest BCUT2D eigenvalue weighted by Gasteiger charge is -1.95. The van der Waals surface area contributed by atoms with E-state index in [1.54, 1.807) is 0 Å². The fourth-order valence-electron chi connectivity index (χ4n) is 0.804. The number of hydrogen-bond acceptors (Lipinski definition) is 2. The summed E-state index contributed by atoms with van der Waals surface area (Å²) in [6.45, 7) is 1.98. The normalized spacial score (nSPS) is 9.40. The summed E-state index contributed by atoms with van der Waals surface area (Å²) in [5, 5.41) is 8.06. The monoisotopic (exact) mass is 135 g/mol. The molecule has 0 spiro atoms. The first-order valence-electron chi connectivity index (χ1n) is 3.03. The molecule has 0 aliphatic heterocycles. The highest BCUT2D eigenvalue weighted by Gasteiger charge is 1.94. The Labute approximate surface area is 60.7 Å². The van der Waals surface area contributed by atoms with E-state index in [0.29, 0.717) is 0 Å². The summed E-state index contributed by atoms with van der Waals surface area (Å²) in [7, 11) is 1.28. The summed E-state index contributed by atoms with van der Waals surface area (Å²) in [5.41, 5.74) is 2.01. The van der Waals surface area contributed by atoms with Crippen LogP contribution >= 0.6 is 0 Å². The average molecular weight is 135 g/mol. The molecule has 51 valence electrons. The van der Waals surface area contributed by atoms with Crippen LogP contribution in [0.2, 0.25) is 0 Å². The third-order valence-electron chi connectivity index (χ3n) is 1.23. The Morgan fingerprint density at radius 2 is 2.30 bits per heavy atom. The largest absolute Gasteiger partial charge is 0.381 e. The van der Waals surface area contributed by atoms with Gasteiger partial charge < -0.3 is 4.81 Å². The lowest BCUT2D eigenvalue weighted by molar-refractivity contribution is -0.135. The molecule has 0 aliphatic rings. The molecule has 0 heterocycles. The molecule has 0 aromatic heterocycles. The van der Waals surface area contributed by atoms with Gasteiger partial charge in [0, 0.05) is 0 Å². The fraction of sp³-hybridized carbons (Fsp3) is 0.143. The Morgan fingerprint density at radius 1 is 1.50 bits per heavy atom. The van der Waals surface area contributed by atoms with Gasteiger partial charge in [0.15, 0.2) is 0 Å². The summed E-state index contributed by atoms with van der Waals surface area (Å²) in [4.78, 5) is 3.86. The van der Waals surface area contributed by atoms with Crippen molar-refractivity contribution >= 4 is 12.9 Å². The Bertz CT molecular complexity index is 213. The zero-order valence-corrected chi connectivity index (χ0v) is 5.74. The van der Waals surface area contributed by atoms with Gasteiger partial charge in [-0.1, -0.05) is 29.8 Å². The SMILES string of the molecule is Cc1cccc([B]OO)c1. The number of aryl methyl sites for hydroxylation is 1. The highest BCUT2D eigenvalue weighted by Crippen LogP contribution is 1.91. The molecular weight excluding hydrogens is 127 g/mol. The van der Waals surface area contributed by atoms with Crippen molar-refractivity contribution in [1.29, 1.82) is 0 Å². The Balaban J connectivity index is 2.75. The zero-order valence-electron chi connectivity index (χ0n) is 5.74. The first kappa shape index (κ1) is 7.31. The molecule has 0 bridgehead atoms. The van der Waals surface area contributed by atoms with Crippen molar-refractivity contribution in [2.75, 3.05) is 0 Å². The molecule has 0 amide bonds. The number of benzene rings is 1. The topological polar surface area (TPSA) is 29.5 Å². The standard InChI is InChI=1S/C7H8BO2/c1-6-3-2-4-7(5-6)8-10-9/h2-5,9H,1H3. The van der Waals surface area contributed by atoms with E-state index in [-0.39, 0.29) is 0 Å². The first-order chi connectivity index (χ1) is 4.83. The van der Waals surface area contributed by atoms with Gasteiger partial charge in [-0.25, -0.2) is 0 Å². The maximum absolute atomic E-state index is 8.06. The Hall–Kier alpha value is -0.795. The molecule has 0 unspecified atom stereocenters. The molecule has 1 aromatic carbocycles. The molecule has 1 aromatic rings. The van der Waals surface area contributed by atoms with Gasteiger partial charge in [-0.2, -0.15) is 0 Å². The van der Waals surface area contributed by atoms with Gasteiger partial charge in [-0.05, 0) is 12.4 Å². The van der Waals surface area contributed by atoms with Gasteiger partial charge >= 0.3 is 7.48 Å². The molecule has 1 N–H and O–H groups in total. The van der Waals surface area contributed by atoms with Gasteiger partial charge in [-0.15, -0.1) is 0 Å². The number of rotatable bonds is 2. The van der Waals surface area contributed by atoms with Gasteiger partial charge in [-0.3, -0.25) is 5.26 Å². The van der Waals surface area contributed by atoms with Crippen LogP contribution in [0.15, 0.2) is 24.3 Å². The highest BCUT2D eigenvalue weighted by molar-refractivity contribution is 6.46. The fourth-order valence-corrected chi connectivity index (χ4v) is 0.804. The third-order valence-corrected chi connectivity index (χ3v) is 1.23. The molecular formula is C7H8BO2. The Morgan fingerprint density at radius 3 is 2.90 bits per heavy atom. The van der Waals surface area contributed by atoms with Crippen LogP contribution in [0.4, 0.5) is 0 Å². The maximum Gasteiger partial charge on any atom is 0.381 e. The van der Waals surface area contributed by atoms with Crippen molar-refractivity contribution in [3.63, 3.8) is 0 Å². The molecule has 1 rings (SSSR count). The molecule has 1 radical (unpaired) electrons.